The molecule has 1 fully saturated rings. The Kier molecular flexibility index (Phi) is 4.00. The number of aromatic nitrogens is 1. The number of nitrogens with zero attached hydrogens (tertiary/aromatic N) is 3. The van der Waals surface area contributed by atoms with Crippen molar-refractivity contribution in [3.05, 3.63) is 33.5 Å². The van der Waals surface area contributed by atoms with Gasteiger partial charge >= 0.3 is 0 Å². The maximum atomic E-state index is 12.2. The molecule has 1 aliphatic heterocycles. The number of amides is 1. The van der Waals surface area contributed by atoms with E-state index in [-0.39, 0.29) is 5.91 Å². The molecule has 2 aromatic heterocycles. The third kappa shape index (κ3) is 3.00. The molecule has 1 amide bonds. The highest BCUT2D eigenvalue weighted by molar-refractivity contribution is 7.15. The van der Waals surface area contributed by atoms with Crippen LogP contribution in [0, 0.1) is 0 Å². The Labute approximate surface area is 125 Å². The third-order valence-electron chi connectivity index (χ3n) is 3.38. The van der Waals surface area contributed by atoms with Gasteiger partial charge in [0.05, 0.1) is 5.56 Å². The molecular weight excluding hydrogens is 292 g/mol. The van der Waals surface area contributed by atoms with Crippen molar-refractivity contribution in [3.63, 3.8) is 0 Å². The van der Waals surface area contributed by atoms with Crippen LogP contribution in [0.1, 0.15) is 15.2 Å². The average molecular weight is 308 g/mol. The van der Waals surface area contributed by atoms with Gasteiger partial charge in [0.1, 0.15) is 0 Å². The standard InChI is InChI=1S/C13H16N4OS2/c14-13-15-7-11(20-13)8-16-2-4-17(5-3-16)12(18)10-1-6-19-9-10/h1,6-7,9H,2-5,8H2,(H2,14,15). The Bertz CT molecular complexity index is 573. The lowest BCUT2D eigenvalue weighted by atomic mass is 10.2. The summed E-state index contributed by atoms with van der Waals surface area (Å²) in [6.45, 7) is 4.22. The minimum atomic E-state index is 0.146. The van der Waals surface area contributed by atoms with Crippen molar-refractivity contribution in [1.29, 1.82) is 0 Å². The Morgan fingerprint density at radius 2 is 2.15 bits per heavy atom. The smallest absolute Gasteiger partial charge is 0.254 e. The lowest BCUT2D eigenvalue weighted by Gasteiger charge is -2.34. The molecule has 0 aromatic carbocycles. The predicted molar refractivity (Wildman–Crippen MR) is 82.0 cm³/mol. The first-order chi connectivity index (χ1) is 9.72. The molecule has 3 heterocycles. The molecule has 0 aliphatic carbocycles. The number of thiazole rings is 1. The van der Waals surface area contributed by atoms with E-state index in [1.54, 1.807) is 11.3 Å². The first-order valence-electron chi connectivity index (χ1n) is 6.46. The fraction of sp³-hybridized carbons (Fsp3) is 0.385. The number of carbonyl (C=O) groups excluding carboxylic acids is 1. The molecule has 20 heavy (non-hydrogen) atoms. The SMILES string of the molecule is Nc1ncc(CN2CCN(C(=O)c3ccsc3)CC2)s1. The molecule has 0 bridgehead atoms. The number of piperazine rings is 1. The van der Waals surface area contributed by atoms with Crippen LogP contribution in [0.4, 0.5) is 5.13 Å². The largest absolute Gasteiger partial charge is 0.375 e. The minimum absolute atomic E-state index is 0.146. The van der Waals surface area contributed by atoms with Crippen LogP contribution in [-0.2, 0) is 6.54 Å². The minimum Gasteiger partial charge on any atom is -0.375 e. The zero-order chi connectivity index (χ0) is 13.9. The zero-order valence-corrected chi connectivity index (χ0v) is 12.6. The van der Waals surface area contributed by atoms with E-state index in [1.807, 2.05) is 27.9 Å². The van der Waals surface area contributed by atoms with E-state index in [9.17, 15) is 4.79 Å². The number of nitrogen functional groups attached to an aromatic ring is 1. The summed E-state index contributed by atoms with van der Waals surface area (Å²) in [5.41, 5.74) is 6.44. The number of thiophene rings is 1. The highest BCUT2D eigenvalue weighted by Crippen LogP contribution is 2.18. The van der Waals surface area contributed by atoms with Crippen LogP contribution >= 0.6 is 22.7 Å². The molecule has 0 saturated carbocycles. The number of hydrogen-bond donors (Lipinski definition) is 1. The van der Waals surface area contributed by atoms with E-state index in [2.05, 4.69) is 9.88 Å². The van der Waals surface area contributed by atoms with Crippen molar-refractivity contribution >= 4 is 33.7 Å². The molecule has 106 valence electrons. The van der Waals surface area contributed by atoms with Crippen LogP contribution in [0.2, 0.25) is 0 Å². The van der Waals surface area contributed by atoms with Gasteiger partial charge in [0.15, 0.2) is 5.13 Å². The van der Waals surface area contributed by atoms with Crippen LogP contribution in [0.3, 0.4) is 0 Å². The second-order valence-electron chi connectivity index (χ2n) is 4.75. The van der Waals surface area contributed by atoms with E-state index >= 15 is 0 Å². The summed E-state index contributed by atoms with van der Waals surface area (Å²) in [7, 11) is 0. The fourth-order valence-corrected chi connectivity index (χ4v) is 3.65. The van der Waals surface area contributed by atoms with E-state index in [1.165, 1.54) is 16.2 Å². The summed E-state index contributed by atoms with van der Waals surface area (Å²) >= 11 is 3.09. The van der Waals surface area contributed by atoms with Crippen molar-refractivity contribution in [2.75, 3.05) is 31.9 Å². The molecule has 7 heteroatoms. The van der Waals surface area contributed by atoms with Crippen molar-refractivity contribution in [2.24, 2.45) is 0 Å². The lowest BCUT2D eigenvalue weighted by molar-refractivity contribution is 0.0630. The van der Waals surface area contributed by atoms with Crippen molar-refractivity contribution in [3.8, 4) is 0 Å². The van der Waals surface area contributed by atoms with E-state index in [0.717, 1.165) is 38.3 Å². The highest BCUT2D eigenvalue weighted by Gasteiger charge is 2.22. The maximum absolute atomic E-state index is 12.2. The van der Waals surface area contributed by atoms with Crippen molar-refractivity contribution in [2.45, 2.75) is 6.54 Å². The van der Waals surface area contributed by atoms with Crippen LogP contribution in [-0.4, -0.2) is 46.9 Å². The van der Waals surface area contributed by atoms with Gasteiger partial charge in [0.2, 0.25) is 0 Å². The van der Waals surface area contributed by atoms with Crippen molar-refractivity contribution in [1.82, 2.24) is 14.8 Å². The molecular formula is C13H16N4OS2. The Hall–Kier alpha value is -1.44. The van der Waals surface area contributed by atoms with Crippen LogP contribution in [0.5, 0.6) is 0 Å². The topological polar surface area (TPSA) is 62.5 Å². The van der Waals surface area contributed by atoms with Gasteiger partial charge in [-0.15, -0.1) is 11.3 Å². The molecule has 0 atom stereocenters. The zero-order valence-electron chi connectivity index (χ0n) is 11.0. The summed E-state index contributed by atoms with van der Waals surface area (Å²) in [5.74, 6) is 0.146. The highest BCUT2D eigenvalue weighted by atomic mass is 32.1. The summed E-state index contributed by atoms with van der Waals surface area (Å²) < 4.78 is 0. The third-order valence-corrected chi connectivity index (χ3v) is 4.87. The van der Waals surface area contributed by atoms with E-state index in [0.29, 0.717) is 5.13 Å². The molecule has 2 aromatic rings. The normalized spacial score (nSPS) is 16.5. The van der Waals surface area contributed by atoms with E-state index in [4.69, 9.17) is 5.73 Å². The second kappa shape index (κ2) is 5.90. The lowest BCUT2D eigenvalue weighted by Crippen LogP contribution is -2.48. The number of carbonyl (C=O) groups is 1. The first-order valence-corrected chi connectivity index (χ1v) is 8.22. The Morgan fingerprint density at radius 1 is 1.35 bits per heavy atom. The van der Waals surface area contributed by atoms with E-state index < -0.39 is 0 Å². The molecule has 5 nitrogen and oxygen atoms in total. The van der Waals surface area contributed by atoms with Gasteiger partial charge < -0.3 is 10.6 Å². The van der Waals surface area contributed by atoms with Crippen LogP contribution in [0.25, 0.3) is 0 Å². The van der Waals surface area contributed by atoms with Gasteiger partial charge in [-0.3, -0.25) is 9.69 Å². The van der Waals surface area contributed by atoms with Gasteiger partial charge in [-0.25, -0.2) is 4.98 Å². The molecule has 0 radical (unpaired) electrons. The maximum Gasteiger partial charge on any atom is 0.254 e. The number of rotatable bonds is 3. The van der Waals surface area contributed by atoms with Crippen molar-refractivity contribution < 1.29 is 4.79 Å². The summed E-state index contributed by atoms with van der Waals surface area (Å²) in [4.78, 5) is 21.7. The summed E-state index contributed by atoms with van der Waals surface area (Å²) in [6, 6.07) is 1.89. The quantitative estimate of drug-likeness (QED) is 0.938. The molecule has 3 rings (SSSR count). The van der Waals surface area contributed by atoms with Crippen LogP contribution in [0.15, 0.2) is 23.0 Å². The van der Waals surface area contributed by atoms with Gasteiger partial charge in [0.25, 0.3) is 5.91 Å². The summed E-state index contributed by atoms with van der Waals surface area (Å²) in [5, 5.41) is 4.47. The van der Waals surface area contributed by atoms with Gasteiger partial charge in [-0.1, -0.05) is 0 Å². The monoisotopic (exact) mass is 308 g/mol. The average Bonchev–Trinajstić information content (AvgIpc) is 3.11. The summed E-state index contributed by atoms with van der Waals surface area (Å²) in [6.07, 6.45) is 1.84. The Balaban J connectivity index is 1.53. The fourth-order valence-electron chi connectivity index (χ4n) is 2.29. The molecule has 1 aliphatic rings. The van der Waals surface area contributed by atoms with Gasteiger partial charge in [-0.2, -0.15) is 11.3 Å². The Morgan fingerprint density at radius 3 is 2.75 bits per heavy atom. The molecule has 1 saturated heterocycles. The number of anilines is 1. The molecule has 0 spiro atoms. The van der Waals surface area contributed by atoms with Gasteiger partial charge in [-0.05, 0) is 11.4 Å². The number of nitrogens with two attached hydrogens (primary N) is 1. The van der Waals surface area contributed by atoms with Crippen LogP contribution < -0.4 is 5.73 Å². The van der Waals surface area contributed by atoms with Gasteiger partial charge in [0, 0.05) is 49.2 Å². The number of hydrogen-bond acceptors (Lipinski definition) is 6. The first kappa shape index (κ1) is 13.5. The molecule has 0 unspecified atom stereocenters. The predicted octanol–water partition coefficient (Wildman–Crippen LogP) is 1.74. The second-order valence-corrected chi connectivity index (χ2v) is 6.67. The molecule has 2 N–H and O–H groups in total.